The van der Waals surface area contributed by atoms with Crippen molar-refractivity contribution in [2.75, 3.05) is 32.1 Å². The Labute approximate surface area is 112 Å². The predicted molar refractivity (Wildman–Crippen MR) is 72.2 cm³/mol. The van der Waals surface area contributed by atoms with Gasteiger partial charge in [0.1, 0.15) is 0 Å². The molecular formula is C12H20N4O3. The largest absolute Gasteiger partial charge is 0.383 e. The van der Waals surface area contributed by atoms with Crippen LogP contribution in [0.15, 0.2) is 17.2 Å². The van der Waals surface area contributed by atoms with Gasteiger partial charge < -0.3 is 19.9 Å². The van der Waals surface area contributed by atoms with Gasteiger partial charge in [-0.25, -0.2) is 4.98 Å². The van der Waals surface area contributed by atoms with E-state index < -0.39 is 0 Å². The number of carbonyl (C=O) groups is 1. The van der Waals surface area contributed by atoms with Crippen LogP contribution in [0.4, 0.5) is 5.82 Å². The van der Waals surface area contributed by atoms with E-state index in [1.54, 1.807) is 24.1 Å². The second kappa shape index (κ2) is 8.25. The summed E-state index contributed by atoms with van der Waals surface area (Å²) in [6.45, 7) is 3.82. The monoisotopic (exact) mass is 268 g/mol. The standard InChI is InChI=1S/C12H20N4O3/c1-3-16-8-6-15-11(12(16)18)14-5-4-10(17)13-7-9-19-2/h6,8H,3-5,7,9H2,1-2H3,(H,13,17)(H,14,15). The minimum Gasteiger partial charge on any atom is -0.383 e. The first-order valence-corrected chi connectivity index (χ1v) is 6.24. The van der Waals surface area contributed by atoms with Gasteiger partial charge in [0, 0.05) is 45.6 Å². The maximum absolute atomic E-state index is 11.8. The second-order valence-electron chi connectivity index (χ2n) is 3.89. The van der Waals surface area contributed by atoms with E-state index in [0.29, 0.717) is 26.2 Å². The Bertz CT molecular complexity index is 459. The molecule has 2 N–H and O–H groups in total. The third-order valence-corrected chi connectivity index (χ3v) is 2.53. The Balaban J connectivity index is 2.37. The summed E-state index contributed by atoms with van der Waals surface area (Å²) in [4.78, 5) is 27.2. The average molecular weight is 268 g/mol. The minimum absolute atomic E-state index is 0.0868. The molecule has 1 rings (SSSR count). The van der Waals surface area contributed by atoms with Crippen LogP contribution in [0.5, 0.6) is 0 Å². The predicted octanol–water partition coefficient (Wildman–Crippen LogP) is -0.172. The van der Waals surface area contributed by atoms with Gasteiger partial charge in [-0.05, 0) is 6.92 Å². The molecule has 0 aliphatic rings. The maximum atomic E-state index is 11.8. The van der Waals surface area contributed by atoms with E-state index in [1.165, 1.54) is 0 Å². The molecule has 0 unspecified atom stereocenters. The van der Waals surface area contributed by atoms with Crippen molar-refractivity contribution in [3.05, 3.63) is 22.7 Å². The molecule has 0 aliphatic heterocycles. The molecule has 0 saturated carbocycles. The first-order valence-electron chi connectivity index (χ1n) is 6.24. The summed E-state index contributed by atoms with van der Waals surface area (Å²) in [6.07, 6.45) is 3.47. The van der Waals surface area contributed by atoms with Gasteiger partial charge in [-0.15, -0.1) is 0 Å². The first kappa shape index (κ1) is 15.2. The van der Waals surface area contributed by atoms with E-state index in [9.17, 15) is 9.59 Å². The molecule has 0 bridgehead atoms. The number of carbonyl (C=O) groups excluding carboxylic acids is 1. The number of hydrogen-bond acceptors (Lipinski definition) is 5. The van der Waals surface area contributed by atoms with E-state index in [1.807, 2.05) is 6.92 Å². The van der Waals surface area contributed by atoms with Gasteiger partial charge in [0.15, 0.2) is 5.82 Å². The van der Waals surface area contributed by atoms with Crippen LogP contribution in [-0.2, 0) is 16.1 Å². The summed E-state index contributed by atoms with van der Waals surface area (Å²) < 4.78 is 6.37. The van der Waals surface area contributed by atoms with Crippen LogP contribution in [0, 0.1) is 0 Å². The van der Waals surface area contributed by atoms with Crippen LogP contribution in [0.2, 0.25) is 0 Å². The zero-order valence-corrected chi connectivity index (χ0v) is 11.3. The van der Waals surface area contributed by atoms with Crippen molar-refractivity contribution in [3.63, 3.8) is 0 Å². The molecular weight excluding hydrogens is 248 g/mol. The Hall–Kier alpha value is -1.89. The minimum atomic E-state index is -0.176. The number of rotatable bonds is 8. The number of nitrogens with one attached hydrogen (secondary N) is 2. The van der Waals surface area contributed by atoms with Gasteiger partial charge in [0.05, 0.1) is 6.61 Å². The van der Waals surface area contributed by atoms with Crippen molar-refractivity contribution >= 4 is 11.7 Å². The maximum Gasteiger partial charge on any atom is 0.293 e. The van der Waals surface area contributed by atoms with Crippen molar-refractivity contribution < 1.29 is 9.53 Å². The highest BCUT2D eigenvalue weighted by Gasteiger charge is 2.04. The van der Waals surface area contributed by atoms with E-state index in [-0.39, 0.29) is 23.7 Å². The summed E-state index contributed by atoms with van der Waals surface area (Å²) in [5, 5.41) is 5.57. The number of ether oxygens (including phenoxy) is 1. The van der Waals surface area contributed by atoms with Crippen LogP contribution in [-0.4, -0.2) is 42.3 Å². The van der Waals surface area contributed by atoms with E-state index >= 15 is 0 Å². The number of nitrogens with zero attached hydrogens (tertiary/aromatic N) is 2. The second-order valence-corrected chi connectivity index (χ2v) is 3.89. The lowest BCUT2D eigenvalue weighted by Gasteiger charge is -2.07. The molecule has 1 aromatic heterocycles. The van der Waals surface area contributed by atoms with Crippen LogP contribution in [0.25, 0.3) is 0 Å². The molecule has 0 fully saturated rings. The summed E-state index contributed by atoms with van der Waals surface area (Å²) in [6, 6.07) is 0. The molecule has 0 aromatic carbocycles. The fourth-order valence-corrected chi connectivity index (χ4v) is 1.49. The molecule has 0 radical (unpaired) electrons. The van der Waals surface area contributed by atoms with Crippen LogP contribution < -0.4 is 16.2 Å². The molecule has 1 amide bonds. The molecule has 19 heavy (non-hydrogen) atoms. The van der Waals surface area contributed by atoms with Crippen molar-refractivity contribution in [2.24, 2.45) is 0 Å². The lowest BCUT2D eigenvalue weighted by atomic mass is 10.4. The average Bonchev–Trinajstić information content (AvgIpc) is 2.41. The van der Waals surface area contributed by atoms with Crippen molar-refractivity contribution in [2.45, 2.75) is 19.9 Å². The zero-order chi connectivity index (χ0) is 14.1. The molecule has 0 saturated heterocycles. The quantitative estimate of drug-likeness (QED) is 0.639. The van der Waals surface area contributed by atoms with Gasteiger partial charge >= 0.3 is 0 Å². The fourth-order valence-electron chi connectivity index (χ4n) is 1.49. The summed E-state index contributed by atoms with van der Waals surface area (Å²) in [5.74, 6) is 0.185. The first-order chi connectivity index (χ1) is 9.19. The smallest absolute Gasteiger partial charge is 0.293 e. The number of aromatic nitrogens is 2. The summed E-state index contributed by atoms with van der Waals surface area (Å²) in [7, 11) is 1.58. The van der Waals surface area contributed by atoms with Crippen LogP contribution >= 0.6 is 0 Å². The molecule has 1 aromatic rings. The number of anilines is 1. The van der Waals surface area contributed by atoms with Crippen molar-refractivity contribution in [3.8, 4) is 0 Å². The Morgan fingerprint density at radius 1 is 1.47 bits per heavy atom. The summed E-state index contributed by atoms with van der Waals surface area (Å²) >= 11 is 0. The van der Waals surface area contributed by atoms with Gasteiger partial charge in [-0.1, -0.05) is 0 Å². The molecule has 1 heterocycles. The number of amides is 1. The topological polar surface area (TPSA) is 85.2 Å². The third kappa shape index (κ3) is 5.09. The van der Waals surface area contributed by atoms with E-state index in [0.717, 1.165) is 0 Å². The zero-order valence-electron chi connectivity index (χ0n) is 11.3. The molecule has 106 valence electrons. The fraction of sp³-hybridized carbons (Fsp3) is 0.583. The summed E-state index contributed by atoms with van der Waals surface area (Å²) in [5.41, 5.74) is -0.176. The highest BCUT2D eigenvalue weighted by molar-refractivity contribution is 5.76. The lowest BCUT2D eigenvalue weighted by molar-refractivity contribution is -0.121. The highest BCUT2D eigenvalue weighted by Crippen LogP contribution is 1.93. The SMILES string of the molecule is CCn1ccnc(NCCC(=O)NCCOC)c1=O. The lowest BCUT2D eigenvalue weighted by Crippen LogP contribution is -2.29. The number of methoxy groups -OCH3 is 1. The molecule has 0 atom stereocenters. The Kier molecular flexibility index (Phi) is 6.59. The van der Waals surface area contributed by atoms with Crippen molar-refractivity contribution in [1.29, 1.82) is 0 Å². The van der Waals surface area contributed by atoms with Crippen LogP contribution in [0.1, 0.15) is 13.3 Å². The van der Waals surface area contributed by atoms with Crippen LogP contribution in [0.3, 0.4) is 0 Å². The van der Waals surface area contributed by atoms with Gasteiger partial charge in [0.25, 0.3) is 5.56 Å². The normalized spacial score (nSPS) is 10.2. The molecule has 7 heteroatoms. The Morgan fingerprint density at radius 2 is 2.26 bits per heavy atom. The third-order valence-electron chi connectivity index (χ3n) is 2.53. The molecule has 0 spiro atoms. The molecule has 7 nitrogen and oxygen atoms in total. The van der Waals surface area contributed by atoms with Gasteiger partial charge in [-0.2, -0.15) is 0 Å². The highest BCUT2D eigenvalue weighted by atomic mass is 16.5. The van der Waals surface area contributed by atoms with E-state index in [2.05, 4.69) is 15.6 Å². The number of aryl methyl sites for hydroxylation is 1. The van der Waals surface area contributed by atoms with Gasteiger partial charge in [-0.3, -0.25) is 9.59 Å². The molecule has 0 aliphatic carbocycles. The van der Waals surface area contributed by atoms with Gasteiger partial charge in [0.2, 0.25) is 5.91 Å². The van der Waals surface area contributed by atoms with Crippen molar-refractivity contribution in [1.82, 2.24) is 14.9 Å². The number of hydrogen-bond donors (Lipinski definition) is 2. The van der Waals surface area contributed by atoms with E-state index in [4.69, 9.17) is 4.74 Å². The Morgan fingerprint density at radius 3 is 2.95 bits per heavy atom.